The summed E-state index contributed by atoms with van der Waals surface area (Å²) >= 11 is 0. The highest BCUT2D eigenvalue weighted by molar-refractivity contribution is 5.99. The molecular weight excluding hydrogens is 218 g/mol. The van der Waals surface area contributed by atoms with Crippen LogP contribution in [0.3, 0.4) is 0 Å². The Hall–Kier alpha value is -2.10. The fourth-order valence-electron chi connectivity index (χ4n) is 1.87. The van der Waals surface area contributed by atoms with Crippen LogP contribution in [0, 0.1) is 0 Å². The number of nitrogens with zero attached hydrogens (tertiary/aromatic N) is 1. The maximum atomic E-state index is 11.5. The summed E-state index contributed by atoms with van der Waals surface area (Å²) in [4.78, 5) is 24.1. The van der Waals surface area contributed by atoms with E-state index in [0.29, 0.717) is 6.42 Å². The molecule has 0 saturated carbocycles. The molecular formula is C13H13NO3. The molecule has 1 aromatic carbocycles. The van der Waals surface area contributed by atoms with Crippen LogP contribution < -0.4 is 0 Å². The van der Waals surface area contributed by atoms with Gasteiger partial charge < -0.3 is 4.74 Å². The summed E-state index contributed by atoms with van der Waals surface area (Å²) in [5.41, 5.74) is 1.07. The van der Waals surface area contributed by atoms with Crippen LogP contribution in [0.1, 0.15) is 5.56 Å². The minimum absolute atomic E-state index is 0.240. The molecule has 1 fully saturated rings. The molecule has 88 valence electrons. The number of hydrogen-bond donors (Lipinski definition) is 0. The van der Waals surface area contributed by atoms with Gasteiger partial charge in [0.25, 0.3) is 5.91 Å². The molecule has 1 aliphatic heterocycles. The van der Waals surface area contributed by atoms with Crippen molar-refractivity contribution in [3.63, 3.8) is 0 Å². The number of amides is 2. The van der Waals surface area contributed by atoms with E-state index in [2.05, 4.69) is 6.58 Å². The van der Waals surface area contributed by atoms with Crippen LogP contribution in [-0.2, 0) is 16.0 Å². The van der Waals surface area contributed by atoms with Gasteiger partial charge in [0.2, 0.25) is 0 Å². The Bertz CT molecular complexity index is 441. The van der Waals surface area contributed by atoms with Crippen molar-refractivity contribution in [1.29, 1.82) is 0 Å². The van der Waals surface area contributed by atoms with E-state index in [1.807, 2.05) is 30.3 Å². The van der Waals surface area contributed by atoms with Crippen LogP contribution >= 0.6 is 0 Å². The quantitative estimate of drug-likeness (QED) is 0.745. The third-order valence-electron chi connectivity index (χ3n) is 2.69. The summed E-state index contributed by atoms with van der Waals surface area (Å²) in [6.45, 7) is 3.63. The maximum absolute atomic E-state index is 11.5. The highest BCUT2D eigenvalue weighted by Gasteiger charge is 2.36. The Balaban J connectivity index is 2.13. The molecule has 0 spiro atoms. The standard InChI is InChI=1S/C13H13NO3/c1-2-12(15)14-11(9-17-13(14)16)8-10-6-4-3-5-7-10/h2-7,11H,1,8-9H2/t11-/m1/s1. The molecule has 2 rings (SSSR count). The second-order valence-electron chi connectivity index (χ2n) is 3.83. The van der Waals surface area contributed by atoms with Crippen LogP contribution in [-0.4, -0.2) is 29.5 Å². The summed E-state index contributed by atoms with van der Waals surface area (Å²) in [7, 11) is 0. The molecule has 0 unspecified atom stereocenters. The molecule has 1 saturated heterocycles. The van der Waals surface area contributed by atoms with E-state index < -0.39 is 12.0 Å². The predicted octanol–water partition coefficient (Wildman–Crippen LogP) is 1.76. The summed E-state index contributed by atoms with van der Waals surface area (Å²) < 4.78 is 4.89. The zero-order valence-electron chi connectivity index (χ0n) is 9.33. The van der Waals surface area contributed by atoms with Gasteiger partial charge in [0, 0.05) is 0 Å². The van der Waals surface area contributed by atoms with Crippen molar-refractivity contribution in [2.75, 3.05) is 6.61 Å². The van der Waals surface area contributed by atoms with Gasteiger partial charge in [0.05, 0.1) is 6.04 Å². The van der Waals surface area contributed by atoms with Gasteiger partial charge in [-0.15, -0.1) is 0 Å². The van der Waals surface area contributed by atoms with E-state index in [-0.39, 0.29) is 12.6 Å². The van der Waals surface area contributed by atoms with Gasteiger partial charge in [-0.2, -0.15) is 0 Å². The van der Waals surface area contributed by atoms with Crippen LogP contribution in [0.5, 0.6) is 0 Å². The van der Waals surface area contributed by atoms with Gasteiger partial charge in [-0.05, 0) is 18.1 Å². The lowest BCUT2D eigenvalue weighted by Crippen LogP contribution is -2.39. The van der Waals surface area contributed by atoms with Crippen molar-refractivity contribution in [3.05, 3.63) is 48.6 Å². The Morgan fingerprint density at radius 3 is 2.82 bits per heavy atom. The van der Waals surface area contributed by atoms with Crippen LogP contribution in [0.15, 0.2) is 43.0 Å². The van der Waals surface area contributed by atoms with Gasteiger partial charge in [-0.25, -0.2) is 9.69 Å². The summed E-state index contributed by atoms with van der Waals surface area (Å²) in [6, 6.07) is 9.44. The zero-order chi connectivity index (χ0) is 12.3. The third kappa shape index (κ3) is 2.36. The van der Waals surface area contributed by atoms with Gasteiger partial charge in [0.1, 0.15) is 6.61 Å². The van der Waals surface area contributed by atoms with E-state index in [0.717, 1.165) is 16.5 Å². The molecule has 0 radical (unpaired) electrons. The topological polar surface area (TPSA) is 46.6 Å². The van der Waals surface area contributed by atoms with Crippen molar-refractivity contribution in [3.8, 4) is 0 Å². The van der Waals surface area contributed by atoms with Gasteiger partial charge in [-0.1, -0.05) is 36.9 Å². The lowest BCUT2D eigenvalue weighted by molar-refractivity contribution is -0.124. The van der Waals surface area contributed by atoms with Crippen molar-refractivity contribution >= 4 is 12.0 Å². The average molecular weight is 231 g/mol. The normalized spacial score (nSPS) is 18.9. The van der Waals surface area contributed by atoms with Crippen LogP contribution in [0.2, 0.25) is 0 Å². The van der Waals surface area contributed by atoms with Crippen molar-refractivity contribution in [2.45, 2.75) is 12.5 Å². The Kier molecular flexibility index (Phi) is 3.23. The smallest absolute Gasteiger partial charge is 0.417 e. The number of carbonyl (C=O) groups is 2. The lowest BCUT2D eigenvalue weighted by atomic mass is 10.1. The minimum Gasteiger partial charge on any atom is -0.447 e. The molecule has 17 heavy (non-hydrogen) atoms. The number of ether oxygens (including phenoxy) is 1. The molecule has 4 heteroatoms. The highest BCUT2D eigenvalue weighted by Crippen LogP contribution is 2.17. The number of hydrogen-bond acceptors (Lipinski definition) is 3. The van der Waals surface area contributed by atoms with Crippen molar-refractivity contribution in [1.82, 2.24) is 4.90 Å². The van der Waals surface area contributed by atoms with Crippen molar-refractivity contribution < 1.29 is 14.3 Å². The molecule has 1 aliphatic rings. The van der Waals surface area contributed by atoms with Gasteiger partial charge in [0.15, 0.2) is 0 Å². The summed E-state index contributed by atoms with van der Waals surface area (Å²) in [5, 5.41) is 0. The molecule has 2 amide bonds. The fourth-order valence-corrected chi connectivity index (χ4v) is 1.87. The number of cyclic esters (lactones) is 1. The number of rotatable bonds is 3. The van der Waals surface area contributed by atoms with E-state index in [4.69, 9.17) is 4.74 Å². The molecule has 0 aromatic heterocycles. The van der Waals surface area contributed by atoms with Crippen LogP contribution in [0.4, 0.5) is 4.79 Å². The first-order valence-electron chi connectivity index (χ1n) is 5.38. The Morgan fingerprint density at radius 2 is 2.18 bits per heavy atom. The first-order valence-corrected chi connectivity index (χ1v) is 5.38. The molecule has 0 aliphatic carbocycles. The monoisotopic (exact) mass is 231 g/mol. The molecule has 1 aromatic rings. The second kappa shape index (κ2) is 4.82. The van der Waals surface area contributed by atoms with Gasteiger partial charge >= 0.3 is 6.09 Å². The second-order valence-corrected chi connectivity index (χ2v) is 3.83. The molecule has 1 heterocycles. The molecule has 1 atom stereocenters. The number of carbonyl (C=O) groups excluding carboxylic acids is 2. The van der Waals surface area contributed by atoms with E-state index >= 15 is 0 Å². The SMILES string of the molecule is C=CC(=O)N1C(=O)OC[C@H]1Cc1ccccc1. The first kappa shape index (κ1) is 11.4. The average Bonchev–Trinajstić information content (AvgIpc) is 2.71. The number of imide groups is 1. The zero-order valence-corrected chi connectivity index (χ0v) is 9.33. The van der Waals surface area contributed by atoms with E-state index in [1.54, 1.807) is 0 Å². The van der Waals surface area contributed by atoms with E-state index in [1.165, 1.54) is 0 Å². The minimum atomic E-state index is -0.587. The van der Waals surface area contributed by atoms with Crippen LogP contribution in [0.25, 0.3) is 0 Å². The Labute approximate surface area is 99.5 Å². The van der Waals surface area contributed by atoms with E-state index in [9.17, 15) is 9.59 Å². The fraction of sp³-hybridized carbons (Fsp3) is 0.231. The summed E-state index contributed by atoms with van der Waals surface area (Å²) in [5.74, 6) is -0.409. The molecule has 0 N–H and O–H groups in total. The first-order chi connectivity index (χ1) is 8.22. The summed E-state index contributed by atoms with van der Waals surface area (Å²) in [6.07, 6.45) is 1.15. The number of benzene rings is 1. The van der Waals surface area contributed by atoms with Crippen molar-refractivity contribution in [2.24, 2.45) is 0 Å². The predicted molar refractivity (Wildman–Crippen MR) is 62.3 cm³/mol. The third-order valence-corrected chi connectivity index (χ3v) is 2.69. The maximum Gasteiger partial charge on any atom is 0.417 e. The highest BCUT2D eigenvalue weighted by atomic mass is 16.6. The molecule has 0 bridgehead atoms. The van der Waals surface area contributed by atoms with Gasteiger partial charge in [-0.3, -0.25) is 4.79 Å². The Morgan fingerprint density at radius 1 is 1.47 bits per heavy atom. The lowest BCUT2D eigenvalue weighted by Gasteiger charge is -2.17. The largest absolute Gasteiger partial charge is 0.447 e. The molecule has 4 nitrogen and oxygen atoms in total.